The minimum atomic E-state index is -0.341. The van der Waals surface area contributed by atoms with Crippen molar-refractivity contribution in [3.63, 3.8) is 0 Å². The third-order valence-electron chi connectivity index (χ3n) is 3.70. The number of benzene rings is 1. The van der Waals surface area contributed by atoms with Crippen LogP contribution in [0.3, 0.4) is 0 Å². The molecule has 2 rings (SSSR count). The number of hydrogen-bond acceptors (Lipinski definition) is 3. The highest BCUT2D eigenvalue weighted by Gasteiger charge is 2.20. The van der Waals surface area contributed by atoms with E-state index < -0.39 is 0 Å². The first-order chi connectivity index (χ1) is 9.10. The molecule has 1 aliphatic carbocycles. The highest BCUT2D eigenvalue weighted by Crippen LogP contribution is 2.32. The van der Waals surface area contributed by atoms with Gasteiger partial charge < -0.3 is 10.1 Å². The Bertz CT molecular complexity index is 457. The molecule has 0 saturated heterocycles. The van der Waals surface area contributed by atoms with Crippen molar-refractivity contribution in [2.24, 2.45) is 5.92 Å². The van der Waals surface area contributed by atoms with E-state index >= 15 is 0 Å². The van der Waals surface area contributed by atoms with Gasteiger partial charge in [0.05, 0.1) is 23.4 Å². The van der Waals surface area contributed by atoms with E-state index in [0.29, 0.717) is 16.6 Å². The van der Waals surface area contributed by atoms with E-state index in [9.17, 15) is 4.79 Å². The molecule has 19 heavy (non-hydrogen) atoms. The number of carbonyl (C=O) groups excluding carboxylic acids is 1. The molecule has 0 amide bonds. The van der Waals surface area contributed by atoms with Gasteiger partial charge in [0, 0.05) is 6.04 Å². The lowest BCUT2D eigenvalue weighted by Crippen LogP contribution is -2.23. The number of methoxy groups -OCH3 is 1. The Labute approximate surface area is 119 Å². The van der Waals surface area contributed by atoms with Gasteiger partial charge in [-0.25, -0.2) is 4.79 Å². The number of hydrogen-bond donors (Lipinski definition) is 1. The maximum atomic E-state index is 11.5. The summed E-state index contributed by atoms with van der Waals surface area (Å²) < 4.78 is 4.72. The van der Waals surface area contributed by atoms with E-state index in [1.54, 1.807) is 18.2 Å². The topological polar surface area (TPSA) is 38.3 Å². The van der Waals surface area contributed by atoms with Crippen LogP contribution in [0.4, 0.5) is 5.69 Å². The van der Waals surface area contributed by atoms with Gasteiger partial charge in [-0.1, -0.05) is 30.9 Å². The molecule has 0 bridgehead atoms. The first-order valence-corrected chi connectivity index (χ1v) is 7.12. The van der Waals surface area contributed by atoms with Crippen LogP contribution in [0.5, 0.6) is 0 Å². The number of anilines is 1. The molecule has 4 heteroatoms. The van der Waals surface area contributed by atoms with E-state index in [2.05, 4.69) is 12.2 Å². The molecular weight excluding hydrogens is 262 g/mol. The minimum Gasteiger partial charge on any atom is -0.465 e. The quantitative estimate of drug-likeness (QED) is 0.825. The fraction of sp³-hybridized carbons (Fsp3) is 0.533. The predicted molar refractivity (Wildman–Crippen MR) is 77.8 cm³/mol. The van der Waals surface area contributed by atoms with Gasteiger partial charge in [0.25, 0.3) is 0 Å². The van der Waals surface area contributed by atoms with Gasteiger partial charge in [0.1, 0.15) is 0 Å². The number of halogens is 1. The summed E-state index contributed by atoms with van der Waals surface area (Å²) in [6.45, 7) is 2.15. The van der Waals surface area contributed by atoms with Gasteiger partial charge >= 0.3 is 5.97 Å². The van der Waals surface area contributed by atoms with Crippen molar-refractivity contribution >= 4 is 23.3 Å². The van der Waals surface area contributed by atoms with E-state index in [0.717, 1.165) is 18.0 Å². The molecule has 1 aliphatic rings. The maximum Gasteiger partial charge on any atom is 0.337 e. The minimum absolute atomic E-state index is 0.341. The van der Waals surface area contributed by atoms with Gasteiger partial charge in [-0.15, -0.1) is 0 Å². The van der Waals surface area contributed by atoms with Crippen molar-refractivity contribution < 1.29 is 9.53 Å². The molecule has 1 unspecified atom stereocenters. The fourth-order valence-corrected chi connectivity index (χ4v) is 2.61. The lowest BCUT2D eigenvalue weighted by molar-refractivity contribution is 0.0601. The Morgan fingerprint density at radius 3 is 2.84 bits per heavy atom. The van der Waals surface area contributed by atoms with E-state index in [4.69, 9.17) is 16.3 Å². The number of rotatable bonds is 5. The van der Waals surface area contributed by atoms with Crippen LogP contribution in [0.1, 0.15) is 43.0 Å². The molecule has 0 heterocycles. The van der Waals surface area contributed by atoms with E-state index in [-0.39, 0.29) is 5.97 Å². The predicted octanol–water partition coefficient (Wildman–Crippen LogP) is 4.12. The Hall–Kier alpha value is -1.22. The SMILES string of the molecule is COC(=O)c1ccc(Cl)c(NC(C)CC2CCC2)c1. The van der Waals surface area contributed by atoms with Crippen LogP contribution in [0.25, 0.3) is 0 Å². The zero-order valence-corrected chi connectivity index (χ0v) is 12.2. The van der Waals surface area contributed by atoms with Crippen LogP contribution >= 0.6 is 11.6 Å². The molecular formula is C15H20ClNO2. The lowest BCUT2D eigenvalue weighted by Gasteiger charge is -2.29. The van der Waals surface area contributed by atoms with Crippen molar-refractivity contribution in [3.8, 4) is 0 Å². The first kappa shape index (κ1) is 14.2. The molecule has 0 aromatic heterocycles. The van der Waals surface area contributed by atoms with Crippen molar-refractivity contribution in [3.05, 3.63) is 28.8 Å². The van der Waals surface area contributed by atoms with Crippen molar-refractivity contribution in [2.45, 2.75) is 38.6 Å². The summed E-state index contributed by atoms with van der Waals surface area (Å²) in [6, 6.07) is 5.52. The molecule has 0 radical (unpaired) electrons. The molecule has 1 N–H and O–H groups in total. The summed E-state index contributed by atoms with van der Waals surface area (Å²) in [6.07, 6.45) is 5.18. The zero-order valence-electron chi connectivity index (χ0n) is 11.4. The Morgan fingerprint density at radius 2 is 2.26 bits per heavy atom. The van der Waals surface area contributed by atoms with E-state index in [1.165, 1.54) is 26.4 Å². The zero-order chi connectivity index (χ0) is 13.8. The summed E-state index contributed by atoms with van der Waals surface area (Å²) in [4.78, 5) is 11.5. The molecule has 1 aromatic carbocycles. The summed E-state index contributed by atoms with van der Waals surface area (Å²) in [5.41, 5.74) is 1.32. The van der Waals surface area contributed by atoms with E-state index in [1.807, 2.05) is 0 Å². The van der Waals surface area contributed by atoms with Gasteiger partial charge in [-0.3, -0.25) is 0 Å². The maximum absolute atomic E-state index is 11.5. The van der Waals surface area contributed by atoms with Gasteiger partial charge in [-0.05, 0) is 37.5 Å². The average molecular weight is 282 g/mol. The number of ether oxygens (including phenoxy) is 1. The Balaban J connectivity index is 2.03. The lowest BCUT2D eigenvalue weighted by atomic mass is 9.81. The van der Waals surface area contributed by atoms with Crippen LogP contribution in [0.2, 0.25) is 5.02 Å². The van der Waals surface area contributed by atoms with Crippen LogP contribution < -0.4 is 5.32 Å². The monoisotopic (exact) mass is 281 g/mol. The second-order valence-corrected chi connectivity index (χ2v) is 5.67. The van der Waals surface area contributed by atoms with Crippen molar-refractivity contribution in [1.82, 2.24) is 0 Å². The second kappa shape index (κ2) is 6.29. The molecule has 104 valence electrons. The van der Waals surface area contributed by atoms with Crippen molar-refractivity contribution in [1.29, 1.82) is 0 Å². The standard InChI is InChI=1S/C15H20ClNO2/c1-10(8-11-4-3-5-11)17-14-9-12(15(18)19-2)6-7-13(14)16/h6-7,9-11,17H,3-5,8H2,1-2H3. The summed E-state index contributed by atoms with van der Waals surface area (Å²) in [5, 5.41) is 4.02. The normalized spacial score (nSPS) is 16.6. The highest BCUT2D eigenvalue weighted by atomic mass is 35.5. The Kier molecular flexibility index (Phi) is 4.70. The average Bonchev–Trinajstić information content (AvgIpc) is 2.35. The first-order valence-electron chi connectivity index (χ1n) is 6.74. The molecule has 0 aliphatic heterocycles. The highest BCUT2D eigenvalue weighted by molar-refractivity contribution is 6.33. The third kappa shape index (κ3) is 3.63. The third-order valence-corrected chi connectivity index (χ3v) is 4.03. The number of nitrogens with one attached hydrogen (secondary N) is 1. The Morgan fingerprint density at radius 1 is 1.53 bits per heavy atom. The molecule has 1 saturated carbocycles. The van der Waals surface area contributed by atoms with Crippen LogP contribution in [-0.4, -0.2) is 19.1 Å². The number of carbonyl (C=O) groups is 1. The smallest absolute Gasteiger partial charge is 0.337 e. The molecule has 1 fully saturated rings. The molecule has 0 spiro atoms. The van der Waals surface area contributed by atoms with Crippen LogP contribution in [0, 0.1) is 5.92 Å². The largest absolute Gasteiger partial charge is 0.465 e. The summed E-state index contributed by atoms with van der Waals surface area (Å²) >= 11 is 6.16. The summed E-state index contributed by atoms with van der Waals surface area (Å²) in [5.74, 6) is 0.497. The van der Waals surface area contributed by atoms with Gasteiger partial charge in [0.2, 0.25) is 0 Å². The molecule has 1 atom stereocenters. The van der Waals surface area contributed by atoms with Gasteiger partial charge in [-0.2, -0.15) is 0 Å². The second-order valence-electron chi connectivity index (χ2n) is 5.26. The van der Waals surface area contributed by atoms with Crippen molar-refractivity contribution in [2.75, 3.05) is 12.4 Å². The summed E-state index contributed by atoms with van der Waals surface area (Å²) in [7, 11) is 1.38. The van der Waals surface area contributed by atoms with Crippen LogP contribution in [-0.2, 0) is 4.74 Å². The molecule has 1 aromatic rings. The fourth-order valence-electron chi connectivity index (χ4n) is 2.43. The number of esters is 1. The molecule has 3 nitrogen and oxygen atoms in total. The van der Waals surface area contributed by atoms with Gasteiger partial charge in [0.15, 0.2) is 0 Å². The van der Waals surface area contributed by atoms with Crippen LogP contribution in [0.15, 0.2) is 18.2 Å².